The van der Waals surface area contributed by atoms with Gasteiger partial charge in [0.2, 0.25) is 15.0 Å². The molecule has 3 rings (SSSR count). The Labute approximate surface area is 148 Å². The number of anilines is 2. The molecule has 0 saturated carbocycles. The van der Waals surface area contributed by atoms with E-state index in [1.165, 1.54) is 23.0 Å². The summed E-state index contributed by atoms with van der Waals surface area (Å²) in [4.78, 5) is 23.2. The van der Waals surface area contributed by atoms with Crippen LogP contribution in [0.4, 0.5) is 16.3 Å². The highest BCUT2D eigenvalue weighted by Gasteiger charge is 2.32. The van der Waals surface area contributed by atoms with Crippen LogP contribution >= 0.6 is 23.2 Å². The molecule has 2 heterocycles. The zero-order valence-electron chi connectivity index (χ0n) is 12.7. The van der Waals surface area contributed by atoms with Crippen LogP contribution in [0.2, 0.25) is 10.0 Å². The van der Waals surface area contributed by atoms with Crippen molar-refractivity contribution in [3.63, 3.8) is 0 Å². The number of carbonyl (C=O) groups is 1. The average molecular weight is 387 g/mol. The SMILES string of the molecule is CN1C(=O)N(c2ccc(Cl)cc2Cl)Cc2cnc(S(C)(=O)=O)nc21. The van der Waals surface area contributed by atoms with Gasteiger partial charge in [-0.25, -0.2) is 23.2 Å². The molecule has 0 unspecified atom stereocenters. The molecule has 126 valence electrons. The lowest BCUT2D eigenvalue weighted by Gasteiger charge is -2.34. The van der Waals surface area contributed by atoms with Crippen LogP contribution in [0.15, 0.2) is 29.6 Å². The zero-order valence-corrected chi connectivity index (χ0v) is 15.0. The highest BCUT2D eigenvalue weighted by Crippen LogP contribution is 2.34. The second-order valence-electron chi connectivity index (χ2n) is 5.30. The number of aromatic nitrogens is 2. The van der Waals surface area contributed by atoms with Gasteiger partial charge >= 0.3 is 6.03 Å². The fraction of sp³-hybridized carbons (Fsp3) is 0.214. The number of fused-ring (bicyclic) bond motifs is 1. The van der Waals surface area contributed by atoms with Crippen LogP contribution in [-0.2, 0) is 16.4 Å². The first-order valence-electron chi connectivity index (χ1n) is 6.74. The first-order valence-corrected chi connectivity index (χ1v) is 9.39. The molecule has 10 heteroatoms. The average Bonchev–Trinajstić information content (AvgIpc) is 2.50. The Morgan fingerprint density at radius 3 is 2.58 bits per heavy atom. The topological polar surface area (TPSA) is 83.5 Å². The lowest BCUT2D eigenvalue weighted by Crippen LogP contribution is -2.46. The van der Waals surface area contributed by atoms with Crippen molar-refractivity contribution in [2.24, 2.45) is 0 Å². The van der Waals surface area contributed by atoms with Gasteiger partial charge < -0.3 is 0 Å². The number of halogens is 2. The van der Waals surface area contributed by atoms with E-state index in [0.717, 1.165) is 6.26 Å². The van der Waals surface area contributed by atoms with Crippen molar-refractivity contribution in [1.82, 2.24) is 9.97 Å². The van der Waals surface area contributed by atoms with Gasteiger partial charge in [0.1, 0.15) is 5.82 Å². The van der Waals surface area contributed by atoms with E-state index in [1.807, 2.05) is 0 Å². The van der Waals surface area contributed by atoms with Gasteiger partial charge in [-0.3, -0.25) is 9.80 Å². The number of urea groups is 1. The lowest BCUT2D eigenvalue weighted by atomic mass is 10.2. The summed E-state index contributed by atoms with van der Waals surface area (Å²) in [7, 11) is -2.05. The van der Waals surface area contributed by atoms with Crippen molar-refractivity contribution in [1.29, 1.82) is 0 Å². The van der Waals surface area contributed by atoms with Crippen LogP contribution in [0.1, 0.15) is 5.56 Å². The summed E-state index contributed by atoms with van der Waals surface area (Å²) in [6, 6.07) is 4.44. The van der Waals surface area contributed by atoms with Crippen LogP contribution < -0.4 is 9.80 Å². The van der Waals surface area contributed by atoms with Gasteiger partial charge in [0, 0.05) is 30.1 Å². The number of hydrogen-bond acceptors (Lipinski definition) is 5. The van der Waals surface area contributed by atoms with E-state index in [-0.39, 0.29) is 23.6 Å². The summed E-state index contributed by atoms with van der Waals surface area (Å²) in [5, 5.41) is 0.475. The summed E-state index contributed by atoms with van der Waals surface area (Å²) >= 11 is 12.1. The van der Waals surface area contributed by atoms with Gasteiger partial charge in [0.05, 0.1) is 17.3 Å². The molecule has 0 spiro atoms. The highest BCUT2D eigenvalue weighted by atomic mass is 35.5. The van der Waals surface area contributed by atoms with E-state index in [0.29, 0.717) is 21.3 Å². The van der Waals surface area contributed by atoms with Gasteiger partial charge in [-0.2, -0.15) is 0 Å². The largest absolute Gasteiger partial charge is 0.330 e. The van der Waals surface area contributed by atoms with E-state index in [2.05, 4.69) is 9.97 Å². The summed E-state index contributed by atoms with van der Waals surface area (Å²) in [5.41, 5.74) is 1.10. The molecule has 0 atom stereocenters. The monoisotopic (exact) mass is 386 g/mol. The van der Waals surface area contributed by atoms with Crippen molar-refractivity contribution in [2.45, 2.75) is 11.7 Å². The molecule has 7 nitrogen and oxygen atoms in total. The van der Waals surface area contributed by atoms with Crippen LogP contribution in [0.3, 0.4) is 0 Å². The Balaban J connectivity index is 2.07. The van der Waals surface area contributed by atoms with Crippen molar-refractivity contribution >= 4 is 50.6 Å². The number of rotatable bonds is 2. The maximum atomic E-state index is 12.6. The number of sulfone groups is 1. The van der Waals surface area contributed by atoms with Crippen molar-refractivity contribution < 1.29 is 13.2 Å². The summed E-state index contributed by atoms with van der Waals surface area (Å²) in [5.74, 6) is 0.261. The van der Waals surface area contributed by atoms with Crippen molar-refractivity contribution in [2.75, 3.05) is 23.1 Å². The molecule has 1 aliphatic rings. The molecule has 0 bridgehead atoms. The van der Waals surface area contributed by atoms with Gasteiger partial charge in [-0.1, -0.05) is 23.2 Å². The molecule has 2 aromatic rings. The first kappa shape index (κ1) is 16.9. The highest BCUT2D eigenvalue weighted by molar-refractivity contribution is 7.90. The minimum Gasteiger partial charge on any atom is -0.288 e. The standard InChI is InChI=1S/C14H12Cl2N4O3S/c1-19-12-8(6-17-13(18-12)24(2,22)23)7-20(14(19)21)11-4-3-9(15)5-10(11)16/h3-6H,7H2,1-2H3. The van der Waals surface area contributed by atoms with Crippen LogP contribution in [0.25, 0.3) is 0 Å². The Hall–Kier alpha value is -1.90. The molecule has 24 heavy (non-hydrogen) atoms. The molecular formula is C14H12Cl2N4O3S. The van der Waals surface area contributed by atoms with E-state index < -0.39 is 9.84 Å². The van der Waals surface area contributed by atoms with Crippen LogP contribution in [0, 0.1) is 0 Å². The number of benzene rings is 1. The zero-order chi connectivity index (χ0) is 17.6. The fourth-order valence-corrected chi connectivity index (χ4v) is 3.37. The van der Waals surface area contributed by atoms with E-state index in [4.69, 9.17) is 23.2 Å². The predicted octanol–water partition coefficient (Wildman–Crippen LogP) is 2.76. The smallest absolute Gasteiger partial charge is 0.288 e. The number of amides is 2. The second-order valence-corrected chi connectivity index (χ2v) is 8.05. The third-order valence-electron chi connectivity index (χ3n) is 3.52. The van der Waals surface area contributed by atoms with Crippen molar-refractivity contribution in [3.05, 3.63) is 40.0 Å². The summed E-state index contributed by atoms with van der Waals surface area (Å²) < 4.78 is 23.2. The number of hydrogen-bond donors (Lipinski definition) is 0. The molecule has 1 aliphatic heterocycles. The number of nitrogens with zero attached hydrogens (tertiary/aromatic N) is 4. The second kappa shape index (κ2) is 5.87. The molecule has 2 amide bonds. The van der Waals surface area contributed by atoms with Gasteiger partial charge in [0.25, 0.3) is 0 Å². The molecule has 1 aromatic heterocycles. The Kier molecular flexibility index (Phi) is 4.15. The van der Waals surface area contributed by atoms with E-state index in [9.17, 15) is 13.2 Å². The normalized spacial score (nSPS) is 14.8. The third-order valence-corrected chi connectivity index (χ3v) is 4.91. The molecule has 1 aromatic carbocycles. The minimum atomic E-state index is -3.56. The molecule has 0 saturated heterocycles. The Morgan fingerprint density at radius 2 is 1.96 bits per heavy atom. The third kappa shape index (κ3) is 2.92. The lowest BCUT2D eigenvalue weighted by molar-refractivity contribution is 0.251. The first-order chi connectivity index (χ1) is 11.2. The minimum absolute atomic E-state index is 0.171. The molecule has 0 fully saturated rings. The molecule has 0 N–H and O–H groups in total. The van der Waals surface area contributed by atoms with E-state index >= 15 is 0 Å². The summed E-state index contributed by atoms with van der Waals surface area (Å²) in [6.07, 6.45) is 2.41. The summed E-state index contributed by atoms with van der Waals surface area (Å²) in [6.45, 7) is 0.171. The van der Waals surface area contributed by atoms with E-state index in [1.54, 1.807) is 18.2 Å². The van der Waals surface area contributed by atoms with Crippen LogP contribution in [-0.4, -0.2) is 37.7 Å². The molecular weight excluding hydrogens is 375 g/mol. The Bertz CT molecular complexity index is 949. The number of carbonyl (C=O) groups excluding carboxylic acids is 1. The van der Waals surface area contributed by atoms with Crippen LogP contribution in [0.5, 0.6) is 0 Å². The maximum Gasteiger partial charge on any atom is 0.330 e. The maximum absolute atomic E-state index is 12.6. The quantitative estimate of drug-likeness (QED) is 0.740. The molecule has 0 aliphatic carbocycles. The Morgan fingerprint density at radius 1 is 1.25 bits per heavy atom. The predicted molar refractivity (Wildman–Crippen MR) is 91.6 cm³/mol. The van der Waals surface area contributed by atoms with Gasteiger partial charge in [0.15, 0.2) is 0 Å². The van der Waals surface area contributed by atoms with Gasteiger partial charge in [-0.05, 0) is 18.2 Å². The molecule has 0 radical (unpaired) electrons. The van der Waals surface area contributed by atoms with Gasteiger partial charge in [-0.15, -0.1) is 0 Å². The van der Waals surface area contributed by atoms with Crippen molar-refractivity contribution in [3.8, 4) is 0 Å². The fourth-order valence-electron chi connectivity index (χ4n) is 2.36.